The average Bonchev–Trinajstić information content (AvgIpc) is 2.09. The molecule has 0 atom stereocenters. The van der Waals surface area contributed by atoms with Crippen LogP contribution in [0.15, 0.2) is 17.0 Å². The lowest BCUT2D eigenvalue weighted by molar-refractivity contribution is 0.199. The minimum absolute atomic E-state index is 0.0485. The summed E-state index contributed by atoms with van der Waals surface area (Å²) in [6.45, 7) is 2.33. The summed E-state index contributed by atoms with van der Waals surface area (Å²) >= 11 is 0.979. The van der Waals surface area contributed by atoms with Gasteiger partial charge in [-0.2, -0.15) is 0 Å². The molecule has 1 aromatic rings. The van der Waals surface area contributed by atoms with Crippen molar-refractivity contribution in [2.75, 3.05) is 18.3 Å². The summed E-state index contributed by atoms with van der Waals surface area (Å²) in [5, 5.41) is 0. The van der Waals surface area contributed by atoms with Gasteiger partial charge in [0.2, 0.25) is 0 Å². The SMILES string of the molecule is CCOCSc1c(F)cc(N)cc1F. The van der Waals surface area contributed by atoms with Gasteiger partial charge in [-0.1, -0.05) is 11.8 Å². The summed E-state index contributed by atoms with van der Waals surface area (Å²) in [6.07, 6.45) is 0. The van der Waals surface area contributed by atoms with Gasteiger partial charge in [0.05, 0.1) is 10.8 Å². The van der Waals surface area contributed by atoms with Gasteiger partial charge in [-0.15, -0.1) is 0 Å². The molecule has 2 N–H and O–H groups in total. The highest BCUT2D eigenvalue weighted by molar-refractivity contribution is 7.99. The maximum atomic E-state index is 13.1. The molecule has 2 nitrogen and oxygen atoms in total. The van der Waals surface area contributed by atoms with E-state index in [1.807, 2.05) is 6.92 Å². The van der Waals surface area contributed by atoms with Crippen LogP contribution in [0.1, 0.15) is 6.92 Å². The van der Waals surface area contributed by atoms with Gasteiger partial charge in [-0.25, -0.2) is 8.78 Å². The standard InChI is InChI=1S/C9H11F2NOS/c1-2-13-5-14-9-7(10)3-6(12)4-8(9)11/h3-4H,2,5,12H2,1H3. The molecule has 0 fully saturated rings. The molecule has 0 radical (unpaired) electrons. The molecule has 0 aliphatic heterocycles. The van der Waals surface area contributed by atoms with Gasteiger partial charge in [-0.05, 0) is 19.1 Å². The van der Waals surface area contributed by atoms with E-state index in [0.29, 0.717) is 6.61 Å². The molecule has 0 heterocycles. The lowest BCUT2D eigenvalue weighted by Gasteiger charge is -2.05. The van der Waals surface area contributed by atoms with E-state index in [-0.39, 0.29) is 16.5 Å². The summed E-state index contributed by atoms with van der Waals surface area (Å²) in [5.74, 6) is -1.06. The Kier molecular flexibility index (Phi) is 4.16. The molecule has 78 valence electrons. The van der Waals surface area contributed by atoms with Crippen LogP contribution >= 0.6 is 11.8 Å². The molecule has 1 aromatic carbocycles. The monoisotopic (exact) mass is 219 g/mol. The Balaban J connectivity index is 2.75. The smallest absolute Gasteiger partial charge is 0.141 e. The zero-order chi connectivity index (χ0) is 10.6. The number of nitrogens with two attached hydrogens (primary N) is 1. The van der Waals surface area contributed by atoms with Crippen molar-refractivity contribution in [1.29, 1.82) is 0 Å². The van der Waals surface area contributed by atoms with Crippen LogP contribution in [0.3, 0.4) is 0 Å². The van der Waals surface area contributed by atoms with E-state index in [1.54, 1.807) is 0 Å². The fraction of sp³-hybridized carbons (Fsp3) is 0.333. The number of thioether (sulfide) groups is 1. The predicted octanol–water partition coefficient (Wildman–Crippen LogP) is 2.63. The van der Waals surface area contributed by atoms with E-state index in [1.165, 1.54) is 0 Å². The van der Waals surface area contributed by atoms with Crippen LogP contribution in [0.4, 0.5) is 14.5 Å². The molecule has 0 amide bonds. The highest BCUT2D eigenvalue weighted by Gasteiger charge is 2.10. The zero-order valence-corrected chi connectivity index (χ0v) is 8.54. The van der Waals surface area contributed by atoms with Crippen LogP contribution in [-0.2, 0) is 4.74 Å². The van der Waals surface area contributed by atoms with Crippen LogP contribution in [0.2, 0.25) is 0 Å². The first-order valence-electron chi connectivity index (χ1n) is 4.10. The Hall–Kier alpha value is -0.810. The van der Waals surface area contributed by atoms with E-state index in [2.05, 4.69) is 0 Å². The highest BCUT2D eigenvalue weighted by Crippen LogP contribution is 2.27. The third kappa shape index (κ3) is 2.85. The van der Waals surface area contributed by atoms with Gasteiger partial charge in [0.15, 0.2) is 0 Å². The van der Waals surface area contributed by atoms with E-state index < -0.39 is 11.6 Å². The molecular formula is C9H11F2NOS. The molecule has 14 heavy (non-hydrogen) atoms. The number of rotatable bonds is 4. The Labute approximate surface area is 85.4 Å². The number of ether oxygens (including phenoxy) is 1. The fourth-order valence-corrected chi connectivity index (χ4v) is 1.66. The van der Waals surface area contributed by atoms with Gasteiger partial charge < -0.3 is 10.5 Å². The molecule has 0 aliphatic carbocycles. The number of hydrogen-bond donors (Lipinski definition) is 1. The van der Waals surface area contributed by atoms with Crippen molar-refractivity contribution in [2.45, 2.75) is 11.8 Å². The van der Waals surface area contributed by atoms with Crippen molar-refractivity contribution in [3.63, 3.8) is 0 Å². The fourth-order valence-electron chi connectivity index (χ4n) is 0.901. The van der Waals surface area contributed by atoms with Crippen LogP contribution in [0.5, 0.6) is 0 Å². The van der Waals surface area contributed by atoms with Crippen LogP contribution in [0, 0.1) is 11.6 Å². The van der Waals surface area contributed by atoms with E-state index in [0.717, 1.165) is 23.9 Å². The molecule has 0 saturated carbocycles. The maximum Gasteiger partial charge on any atom is 0.141 e. The zero-order valence-electron chi connectivity index (χ0n) is 7.72. The molecule has 0 bridgehead atoms. The summed E-state index contributed by atoms with van der Waals surface area (Å²) in [5.41, 5.74) is 5.35. The first kappa shape index (κ1) is 11.3. The van der Waals surface area contributed by atoms with Crippen LogP contribution in [0.25, 0.3) is 0 Å². The lowest BCUT2D eigenvalue weighted by atomic mass is 10.3. The molecule has 1 rings (SSSR count). The normalized spacial score (nSPS) is 10.5. The number of nitrogen functional groups attached to an aromatic ring is 1. The van der Waals surface area contributed by atoms with Crippen molar-refractivity contribution in [3.8, 4) is 0 Å². The Bertz CT molecular complexity index is 297. The van der Waals surface area contributed by atoms with E-state index >= 15 is 0 Å². The lowest BCUT2D eigenvalue weighted by Crippen LogP contribution is -1.95. The molecule has 0 saturated heterocycles. The Morgan fingerprint density at radius 3 is 2.43 bits per heavy atom. The largest absolute Gasteiger partial charge is 0.399 e. The summed E-state index contributed by atoms with van der Waals surface area (Å²) in [7, 11) is 0. The number of hydrogen-bond acceptors (Lipinski definition) is 3. The topological polar surface area (TPSA) is 35.2 Å². The molecule has 0 aromatic heterocycles. The van der Waals surface area contributed by atoms with Gasteiger partial charge in [0, 0.05) is 12.3 Å². The second-order valence-electron chi connectivity index (χ2n) is 2.57. The van der Waals surface area contributed by atoms with Gasteiger partial charge in [0.25, 0.3) is 0 Å². The first-order chi connectivity index (χ1) is 6.65. The molecule has 0 spiro atoms. The number of anilines is 1. The molecular weight excluding hydrogens is 208 g/mol. The average molecular weight is 219 g/mol. The summed E-state index contributed by atoms with van der Waals surface area (Å²) in [6, 6.07) is 2.19. The van der Waals surface area contributed by atoms with Crippen molar-refractivity contribution >= 4 is 17.4 Å². The predicted molar refractivity (Wildman–Crippen MR) is 53.1 cm³/mol. The Morgan fingerprint density at radius 1 is 1.36 bits per heavy atom. The van der Waals surface area contributed by atoms with Crippen molar-refractivity contribution in [2.24, 2.45) is 0 Å². The van der Waals surface area contributed by atoms with E-state index in [9.17, 15) is 8.78 Å². The minimum atomic E-state index is -0.646. The highest BCUT2D eigenvalue weighted by atomic mass is 32.2. The second-order valence-corrected chi connectivity index (χ2v) is 3.50. The third-order valence-corrected chi connectivity index (χ3v) is 2.47. The van der Waals surface area contributed by atoms with E-state index in [4.69, 9.17) is 10.5 Å². The Morgan fingerprint density at radius 2 is 1.93 bits per heavy atom. The van der Waals surface area contributed by atoms with Crippen molar-refractivity contribution in [3.05, 3.63) is 23.8 Å². The van der Waals surface area contributed by atoms with Crippen LogP contribution in [-0.4, -0.2) is 12.5 Å². The minimum Gasteiger partial charge on any atom is -0.399 e. The first-order valence-corrected chi connectivity index (χ1v) is 5.08. The van der Waals surface area contributed by atoms with Gasteiger partial charge in [0.1, 0.15) is 11.6 Å². The summed E-state index contributed by atoms with van der Waals surface area (Å²) < 4.78 is 31.3. The van der Waals surface area contributed by atoms with Crippen molar-refractivity contribution in [1.82, 2.24) is 0 Å². The number of benzene rings is 1. The van der Waals surface area contributed by atoms with Crippen molar-refractivity contribution < 1.29 is 13.5 Å². The second kappa shape index (κ2) is 5.17. The summed E-state index contributed by atoms with van der Waals surface area (Å²) in [4.78, 5) is -0.0485. The third-order valence-electron chi connectivity index (χ3n) is 1.51. The molecule has 5 heteroatoms. The maximum absolute atomic E-state index is 13.1. The molecule has 0 unspecified atom stereocenters. The van der Waals surface area contributed by atoms with Crippen LogP contribution < -0.4 is 5.73 Å². The van der Waals surface area contributed by atoms with Gasteiger partial charge >= 0.3 is 0 Å². The molecule has 0 aliphatic rings. The quantitative estimate of drug-likeness (QED) is 0.366. The number of halogens is 2. The van der Waals surface area contributed by atoms with Gasteiger partial charge in [-0.3, -0.25) is 0 Å².